The van der Waals surface area contributed by atoms with Crippen molar-refractivity contribution >= 4 is 11.5 Å². The standard InChI is InChI=1S/C23H20FN3O2/c1-14-10-17(28)6-9-21(14)25-23-13-22(26-27-23)16-5-3-4-15(11-16)19-12-18(29-2)7-8-20(19)24/h3-13,28H,1-2H3,(H2,25,26,27). The Labute approximate surface area is 167 Å². The smallest absolute Gasteiger partial charge is 0.152 e. The van der Waals surface area contributed by atoms with Crippen LogP contribution < -0.4 is 10.1 Å². The van der Waals surface area contributed by atoms with Gasteiger partial charge in [-0.05, 0) is 60.5 Å². The quantitative estimate of drug-likeness (QED) is 0.386. The van der Waals surface area contributed by atoms with Gasteiger partial charge in [0.05, 0.1) is 12.8 Å². The molecule has 0 saturated heterocycles. The number of phenols is 1. The van der Waals surface area contributed by atoms with Crippen LogP contribution in [0.3, 0.4) is 0 Å². The topological polar surface area (TPSA) is 70.2 Å². The zero-order valence-electron chi connectivity index (χ0n) is 16.0. The summed E-state index contributed by atoms with van der Waals surface area (Å²) in [5.41, 5.74) is 4.67. The Hall–Kier alpha value is -3.80. The number of nitrogens with one attached hydrogen (secondary N) is 2. The molecule has 3 N–H and O–H groups in total. The van der Waals surface area contributed by atoms with Crippen LogP contribution in [-0.4, -0.2) is 22.4 Å². The zero-order chi connectivity index (χ0) is 20.4. The van der Waals surface area contributed by atoms with E-state index in [2.05, 4.69) is 15.5 Å². The molecule has 5 nitrogen and oxygen atoms in total. The minimum atomic E-state index is -0.308. The molecular weight excluding hydrogens is 369 g/mol. The van der Waals surface area contributed by atoms with E-state index in [-0.39, 0.29) is 11.6 Å². The number of H-pyrrole nitrogens is 1. The summed E-state index contributed by atoms with van der Waals surface area (Å²) in [6.07, 6.45) is 0. The lowest BCUT2D eigenvalue weighted by molar-refractivity contribution is 0.414. The third kappa shape index (κ3) is 3.91. The van der Waals surface area contributed by atoms with Crippen molar-refractivity contribution in [2.75, 3.05) is 12.4 Å². The van der Waals surface area contributed by atoms with Gasteiger partial charge in [-0.1, -0.05) is 18.2 Å². The number of anilines is 2. The van der Waals surface area contributed by atoms with Crippen LogP contribution in [0.25, 0.3) is 22.4 Å². The number of phenolic OH excluding ortho intramolecular Hbond substituents is 1. The van der Waals surface area contributed by atoms with Gasteiger partial charge in [0.25, 0.3) is 0 Å². The summed E-state index contributed by atoms with van der Waals surface area (Å²) in [7, 11) is 1.56. The maximum absolute atomic E-state index is 14.3. The zero-order valence-corrected chi connectivity index (χ0v) is 16.0. The van der Waals surface area contributed by atoms with Crippen LogP contribution in [0.4, 0.5) is 15.9 Å². The first-order valence-corrected chi connectivity index (χ1v) is 9.10. The number of halogens is 1. The predicted molar refractivity (Wildman–Crippen MR) is 112 cm³/mol. The lowest BCUT2D eigenvalue weighted by Gasteiger charge is -2.08. The second-order valence-electron chi connectivity index (χ2n) is 6.72. The first kappa shape index (κ1) is 18.6. The predicted octanol–water partition coefficient (Wildman–Crippen LogP) is 5.65. The summed E-state index contributed by atoms with van der Waals surface area (Å²) >= 11 is 0. The molecule has 0 atom stereocenters. The number of aromatic amines is 1. The molecule has 0 aliphatic rings. The number of nitrogens with zero attached hydrogens (tertiary/aromatic N) is 1. The van der Waals surface area contributed by atoms with Crippen LogP contribution in [0.2, 0.25) is 0 Å². The molecule has 0 spiro atoms. The van der Waals surface area contributed by atoms with E-state index < -0.39 is 0 Å². The number of methoxy groups -OCH3 is 1. The molecule has 1 heterocycles. The molecule has 29 heavy (non-hydrogen) atoms. The van der Waals surface area contributed by atoms with Crippen molar-refractivity contribution in [3.63, 3.8) is 0 Å². The third-order valence-corrected chi connectivity index (χ3v) is 4.71. The first-order valence-electron chi connectivity index (χ1n) is 9.10. The SMILES string of the molecule is COc1ccc(F)c(-c2cccc(-c3cc(Nc4ccc(O)cc4C)n[nH]3)c2)c1. The van der Waals surface area contributed by atoms with E-state index in [0.29, 0.717) is 17.1 Å². The Morgan fingerprint density at radius 3 is 2.62 bits per heavy atom. The van der Waals surface area contributed by atoms with E-state index >= 15 is 0 Å². The van der Waals surface area contributed by atoms with E-state index in [9.17, 15) is 9.50 Å². The normalized spacial score (nSPS) is 10.7. The number of benzene rings is 3. The molecule has 0 bridgehead atoms. The lowest BCUT2D eigenvalue weighted by Crippen LogP contribution is -1.92. The Kier molecular flexibility index (Phi) is 4.91. The molecule has 0 unspecified atom stereocenters. The van der Waals surface area contributed by atoms with Crippen molar-refractivity contribution in [3.8, 4) is 33.9 Å². The average Bonchev–Trinajstić information content (AvgIpc) is 3.19. The molecule has 0 aliphatic heterocycles. The number of hydrogen-bond acceptors (Lipinski definition) is 4. The molecular formula is C23H20FN3O2. The highest BCUT2D eigenvalue weighted by molar-refractivity contribution is 5.74. The lowest BCUT2D eigenvalue weighted by atomic mass is 10.0. The van der Waals surface area contributed by atoms with Crippen LogP contribution in [0.1, 0.15) is 5.56 Å². The Balaban J connectivity index is 1.63. The molecule has 146 valence electrons. The Bertz CT molecular complexity index is 1170. The first-order chi connectivity index (χ1) is 14.0. The monoisotopic (exact) mass is 389 g/mol. The summed E-state index contributed by atoms with van der Waals surface area (Å²) in [5.74, 6) is 1.16. The van der Waals surface area contributed by atoms with Crippen molar-refractivity contribution in [3.05, 3.63) is 78.1 Å². The van der Waals surface area contributed by atoms with E-state index in [1.54, 1.807) is 37.4 Å². The average molecular weight is 389 g/mol. The van der Waals surface area contributed by atoms with Crippen molar-refractivity contribution in [1.29, 1.82) is 0 Å². The van der Waals surface area contributed by atoms with Gasteiger partial charge >= 0.3 is 0 Å². The maximum Gasteiger partial charge on any atom is 0.152 e. The molecule has 0 fully saturated rings. The van der Waals surface area contributed by atoms with Crippen molar-refractivity contribution in [2.24, 2.45) is 0 Å². The molecule has 6 heteroatoms. The Morgan fingerprint density at radius 2 is 1.83 bits per heavy atom. The van der Waals surface area contributed by atoms with E-state index in [4.69, 9.17) is 4.74 Å². The highest BCUT2D eigenvalue weighted by Gasteiger charge is 2.10. The van der Waals surface area contributed by atoms with Crippen LogP contribution in [0.5, 0.6) is 11.5 Å². The molecule has 4 aromatic rings. The molecule has 0 saturated carbocycles. The molecule has 0 aliphatic carbocycles. The number of hydrogen-bond donors (Lipinski definition) is 3. The van der Waals surface area contributed by atoms with Gasteiger partial charge in [-0.15, -0.1) is 0 Å². The fourth-order valence-electron chi connectivity index (χ4n) is 3.17. The van der Waals surface area contributed by atoms with Gasteiger partial charge in [-0.3, -0.25) is 5.10 Å². The van der Waals surface area contributed by atoms with Gasteiger partial charge in [0, 0.05) is 22.9 Å². The number of aromatic hydroxyl groups is 1. The van der Waals surface area contributed by atoms with Gasteiger partial charge in [0.1, 0.15) is 17.3 Å². The summed E-state index contributed by atoms with van der Waals surface area (Å²) < 4.78 is 19.6. The summed E-state index contributed by atoms with van der Waals surface area (Å²) in [6.45, 7) is 1.90. The summed E-state index contributed by atoms with van der Waals surface area (Å²) in [4.78, 5) is 0. The van der Waals surface area contributed by atoms with Crippen LogP contribution in [0, 0.1) is 12.7 Å². The van der Waals surface area contributed by atoms with E-state index in [1.165, 1.54) is 6.07 Å². The Morgan fingerprint density at radius 1 is 1.00 bits per heavy atom. The van der Waals surface area contributed by atoms with Gasteiger partial charge in [0.2, 0.25) is 0 Å². The third-order valence-electron chi connectivity index (χ3n) is 4.71. The number of aromatic nitrogens is 2. The van der Waals surface area contributed by atoms with Crippen molar-refractivity contribution < 1.29 is 14.2 Å². The van der Waals surface area contributed by atoms with Crippen molar-refractivity contribution in [1.82, 2.24) is 10.2 Å². The fourth-order valence-corrected chi connectivity index (χ4v) is 3.17. The summed E-state index contributed by atoms with van der Waals surface area (Å²) in [6, 6.07) is 19.2. The van der Waals surface area contributed by atoms with Crippen LogP contribution in [-0.2, 0) is 0 Å². The van der Waals surface area contributed by atoms with Crippen molar-refractivity contribution in [2.45, 2.75) is 6.92 Å². The van der Waals surface area contributed by atoms with Gasteiger partial charge in [-0.2, -0.15) is 5.10 Å². The maximum atomic E-state index is 14.3. The minimum absolute atomic E-state index is 0.220. The molecule has 1 aromatic heterocycles. The van der Waals surface area contributed by atoms with E-state index in [1.807, 2.05) is 37.3 Å². The summed E-state index contributed by atoms with van der Waals surface area (Å²) in [5, 5.41) is 20.1. The second kappa shape index (κ2) is 7.67. The molecule has 0 radical (unpaired) electrons. The minimum Gasteiger partial charge on any atom is -0.508 e. The highest BCUT2D eigenvalue weighted by Crippen LogP contribution is 2.31. The molecule has 0 amide bonds. The molecule has 4 rings (SSSR count). The number of rotatable bonds is 5. The van der Waals surface area contributed by atoms with Gasteiger partial charge < -0.3 is 15.2 Å². The number of aryl methyl sites for hydroxylation is 1. The highest BCUT2D eigenvalue weighted by atomic mass is 19.1. The van der Waals surface area contributed by atoms with Gasteiger partial charge in [-0.25, -0.2) is 4.39 Å². The fraction of sp³-hybridized carbons (Fsp3) is 0.0870. The molecule has 3 aromatic carbocycles. The second-order valence-corrected chi connectivity index (χ2v) is 6.72. The van der Waals surface area contributed by atoms with E-state index in [0.717, 1.165) is 28.1 Å². The van der Waals surface area contributed by atoms with Gasteiger partial charge in [0.15, 0.2) is 5.82 Å². The number of ether oxygens (including phenoxy) is 1. The van der Waals surface area contributed by atoms with Crippen LogP contribution in [0.15, 0.2) is 66.7 Å². The van der Waals surface area contributed by atoms with Crippen LogP contribution >= 0.6 is 0 Å². The largest absolute Gasteiger partial charge is 0.508 e.